The Bertz CT molecular complexity index is 1270. The van der Waals surface area contributed by atoms with Gasteiger partial charge in [-0.05, 0) is 49.7 Å². The number of benzene rings is 2. The Hall–Kier alpha value is -2.53. The van der Waals surface area contributed by atoms with Gasteiger partial charge in [-0.2, -0.15) is 0 Å². The average Bonchev–Trinajstić information content (AvgIpc) is 3.49. The molecule has 3 aromatic rings. The molecule has 1 saturated heterocycles. The van der Waals surface area contributed by atoms with Crippen LogP contribution in [-0.4, -0.2) is 44.5 Å². The molecule has 2 N–H and O–H groups in total. The Labute approximate surface area is 216 Å². The van der Waals surface area contributed by atoms with Crippen molar-refractivity contribution >= 4 is 61.3 Å². The fourth-order valence-corrected chi connectivity index (χ4v) is 5.66. The molecule has 2 aromatic carbocycles. The lowest BCUT2D eigenvalue weighted by Crippen LogP contribution is -2.43. The second-order valence-corrected chi connectivity index (χ2v) is 11.1. The van der Waals surface area contributed by atoms with Crippen molar-refractivity contribution in [1.82, 2.24) is 10.3 Å². The molecule has 0 aliphatic carbocycles. The largest absolute Gasteiger partial charge is 0.479 e. The van der Waals surface area contributed by atoms with Gasteiger partial charge < -0.3 is 15.0 Å². The van der Waals surface area contributed by atoms with Crippen LogP contribution in [-0.2, 0) is 14.8 Å². The molecule has 0 radical (unpaired) electrons. The number of nitrogens with zero attached hydrogens (tertiary/aromatic N) is 2. The Morgan fingerprint density at radius 3 is 2.74 bits per heavy atom. The third-order valence-electron chi connectivity index (χ3n) is 5.29. The Kier molecular flexibility index (Phi) is 7.51. The van der Waals surface area contributed by atoms with E-state index in [1.807, 2.05) is 0 Å². The van der Waals surface area contributed by atoms with Crippen LogP contribution in [0.15, 0.2) is 58.9 Å². The highest BCUT2D eigenvalue weighted by atomic mass is 35.5. The third-order valence-corrected chi connectivity index (χ3v) is 8.26. The Morgan fingerprint density at radius 2 is 2.03 bits per heavy atom. The number of sulfonamides is 1. The standard InChI is InChI=1S/C22H22Cl2N4O4S2.3H2/c1-14(32-19-4-2-3-18(23)20(19)24)21(29)26-15-9-11-28(13-15)16-5-7-17(8-6-16)34(30,31)27-22-25-10-12-33-22;;;/h2-8,10,12,14-15H,9,11,13H2,1H3,(H,25,27)(H,26,29);3*1H/t14?,15-;;;/m0.../s1. The number of amides is 1. The number of anilines is 2. The number of hydrogen-bond donors (Lipinski definition) is 2. The molecule has 1 fully saturated rings. The molecule has 1 amide bonds. The third kappa shape index (κ3) is 5.75. The van der Waals surface area contributed by atoms with Crippen LogP contribution < -0.4 is 19.7 Å². The van der Waals surface area contributed by atoms with Crippen molar-refractivity contribution in [2.24, 2.45) is 0 Å². The summed E-state index contributed by atoms with van der Waals surface area (Å²) in [5.41, 5.74) is 0.875. The molecule has 2 atom stereocenters. The summed E-state index contributed by atoms with van der Waals surface area (Å²) >= 11 is 13.3. The van der Waals surface area contributed by atoms with Gasteiger partial charge in [-0.3, -0.25) is 9.52 Å². The van der Waals surface area contributed by atoms with Gasteiger partial charge in [0.2, 0.25) is 0 Å². The Balaban J connectivity index is 0.00000228. The molecule has 0 spiro atoms. The van der Waals surface area contributed by atoms with E-state index < -0.39 is 16.1 Å². The number of carbonyl (C=O) groups is 1. The quantitative estimate of drug-likeness (QED) is 0.405. The summed E-state index contributed by atoms with van der Waals surface area (Å²) in [6.45, 7) is 2.97. The van der Waals surface area contributed by atoms with Gasteiger partial charge in [0.05, 0.1) is 9.92 Å². The number of hydrogen-bond acceptors (Lipinski definition) is 7. The monoisotopic (exact) mass is 546 g/mol. The number of thiazole rings is 1. The number of nitrogens with one attached hydrogen (secondary N) is 2. The van der Waals surface area contributed by atoms with E-state index in [-0.39, 0.29) is 26.1 Å². The molecule has 1 aromatic heterocycles. The van der Waals surface area contributed by atoms with Crippen LogP contribution in [0, 0.1) is 0 Å². The average molecular weight is 548 g/mol. The van der Waals surface area contributed by atoms with Crippen LogP contribution in [0.25, 0.3) is 0 Å². The second kappa shape index (κ2) is 10.4. The molecule has 4 rings (SSSR count). The fraction of sp³-hybridized carbons (Fsp3) is 0.273. The maximum atomic E-state index is 12.6. The van der Waals surface area contributed by atoms with E-state index in [9.17, 15) is 13.2 Å². The van der Waals surface area contributed by atoms with Gasteiger partial charge in [-0.25, -0.2) is 13.4 Å². The van der Waals surface area contributed by atoms with Gasteiger partial charge in [-0.15, -0.1) is 11.3 Å². The van der Waals surface area contributed by atoms with E-state index >= 15 is 0 Å². The Morgan fingerprint density at radius 1 is 1.26 bits per heavy atom. The SMILES string of the molecule is CC(Oc1cccc(Cl)c1Cl)C(=O)N[C@H]1CCN(c2ccc(S(=O)(=O)Nc3nccs3)cc2)C1.[HH].[HH].[HH]. The lowest BCUT2D eigenvalue weighted by Gasteiger charge is -2.21. The van der Waals surface area contributed by atoms with Gasteiger partial charge in [0.15, 0.2) is 11.2 Å². The van der Waals surface area contributed by atoms with Gasteiger partial charge >= 0.3 is 0 Å². The molecule has 1 unspecified atom stereocenters. The summed E-state index contributed by atoms with van der Waals surface area (Å²) < 4.78 is 33.2. The minimum atomic E-state index is -3.70. The molecule has 0 saturated carbocycles. The molecule has 2 heterocycles. The highest BCUT2D eigenvalue weighted by molar-refractivity contribution is 7.93. The zero-order chi connectivity index (χ0) is 24.3. The first-order valence-electron chi connectivity index (χ1n) is 10.4. The van der Waals surface area contributed by atoms with Crippen LogP contribution in [0.5, 0.6) is 5.75 Å². The summed E-state index contributed by atoms with van der Waals surface area (Å²) in [5, 5.41) is 5.64. The first-order chi connectivity index (χ1) is 16.2. The minimum absolute atomic E-state index is 0. The van der Waals surface area contributed by atoms with Crippen molar-refractivity contribution < 1.29 is 22.2 Å². The first kappa shape index (κ1) is 24.6. The predicted octanol–water partition coefficient (Wildman–Crippen LogP) is 5.15. The maximum Gasteiger partial charge on any atom is 0.263 e. The van der Waals surface area contributed by atoms with Crippen LogP contribution in [0.2, 0.25) is 10.0 Å². The number of ether oxygens (including phenoxy) is 1. The summed E-state index contributed by atoms with van der Waals surface area (Å²) in [7, 11) is -3.70. The molecule has 34 heavy (non-hydrogen) atoms. The molecule has 1 aliphatic heterocycles. The predicted molar refractivity (Wildman–Crippen MR) is 141 cm³/mol. The smallest absolute Gasteiger partial charge is 0.263 e. The fourth-order valence-electron chi connectivity index (χ4n) is 3.53. The molecular weight excluding hydrogens is 519 g/mol. The molecule has 8 nitrogen and oxygen atoms in total. The molecule has 186 valence electrons. The number of aromatic nitrogens is 1. The van der Waals surface area contributed by atoms with Crippen molar-refractivity contribution in [3.63, 3.8) is 0 Å². The highest BCUT2D eigenvalue weighted by Gasteiger charge is 2.27. The first-order valence-corrected chi connectivity index (χ1v) is 13.5. The van der Waals surface area contributed by atoms with Crippen molar-refractivity contribution in [3.05, 3.63) is 64.1 Å². The van der Waals surface area contributed by atoms with Crippen molar-refractivity contribution in [1.29, 1.82) is 0 Å². The summed E-state index contributed by atoms with van der Waals surface area (Å²) in [4.78, 5) is 18.8. The summed E-state index contributed by atoms with van der Waals surface area (Å²) in [5.74, 6) is 0.0989. The van der Waals surface area contributed by atoms with Gasteiger partial charge in [-0.1, -0.05) is 29.3 Å². The minimum Gasteiger partial charge on any atom is -0.479 e. The van der Waals surface area contributed by atoms with E-state index in [4.69, 9.17) is 27.9 Å². The van der Waals surface area contributed by atoms with Gasteiger partial charge in [0, 0.05) is 40.7 Å². The van der Waals surface area contributed by atoms with Gasteiger partial charge in [0.1, 0.15) is 10.8 Å². The number of halogens is 2. The summed E-state index contributed by atoms with van der Waals surface area (Å²) in [6.07, 6.45) is 1.54. The van der Waals surface area contributed by atoms with E-state index in [2.05, 4.69) is 19.9 Å². The van der Waals surface area contributed by atoms with E-state index in [1.54, 1.807) is 54.8 Å². The van der Waals surface area contributed by atoms with E-state index in [0.29, 0.717) is 22.4 Å². The molecular formula is C22H28Cl2N4O4S2. The van der Waals surface area contributed by atoms with Crippen LogP contribution in [0.1, 0.15) is 17.6 Å². The lowest BCUT2D eigenvalue weighted by molar-refractivity contribution is -0.127. The summed E-state index contributed by atoms with van der Waals surface area (Å²) in [6, 6.07) is 11.6. The van der Waals surface area contributed by atoms with Crippen LogP contribution in [0.4, 0.5) is 10.8 Å². The van der Waals surface area contributed by atoms with Crippen molar-refractivity contribution in [2.75, 3.05) is 22.7 Å². The number of carbonyl (C=O) groups excluding carboxylic acids is 1. The van der Waals surface area contributed by atoms with Crippen LogP contribution >= 0.6 is 34.5 Å². The lowest BCUT2D eigenvalue weighted by atomic mass is 10.2. The van der Waals surface area contributed by atoms with Gasteiger partial charge in [0.25, 0.3) is 15.9 Å². The van der Waals surface area contributed by atoms with Crippen molar-refractivity contribution in [2.45, 2.75) is 30.4 Å². The normalized spacial score (nSPS) is 16.8. The maximum absolute atomic E-state index is 12.6. The molecule has 12 heteroatoms. The number of rotatable bonds is 8. The van der Waals surface area contributed by atoms with Crippen LogP contribution in [0.3, 0.4) is 0 Å². The molecule has 1 aliphatic rings. The van der Waals surface area contributed by atoms with E-state index in [1.165, 1.54) is 17.5 Å². The molecule has 0 bridgehead atoms. The zero-order valence-electron chi connectivity index (χ0n) is 18.1. The van der Waals surface area contributed by atoms with E-state index in [0.717, 1.165) is 18.7 Å². The topological polar surface area (TPSA) is 101 Å². The second-order valence-electron chi connectivity index (χ2n) is 7.69. The highest BCUT2D eigenvalue weighted by Crippen LogP contribution is 2.32. The zero-order valence-corrected chi connectivity index (χ0v) is 21.2. The van der Waals surface area contributed by atoms with Crippen molar-refractivity contribution in [3.8, 4) is 5.75 Å².